The fraction of sp³-hybridized carbons (Fsp3) is 0.769. The number of carbonyl (C=O) groups is 1. The Balaban J connectivity index is 1.79. The summed E-state index contributed by atoms with van der Waals surface area (Å²) in [5.74, 6) is 1.43. The molecule has 21 heavy (non-hydrogen) atoms. The van der Waals surface area contributed by atoms with Crippen LogP contribution in [0.1, 0.15) is 32.4 Å². The maximum Gasteiger partial charge on any atom is 0.410 e. The third kappa shape index (κ3) is 4.68. The van der Waals surface area contributed by atoms with Crippen molar-refractivity contribution in [2.75, 3.05) is 26.2 Å². The van der Waals surface area contributed by atoms with Gasteiger partial charge in [0.1, 0.15) is 11.4 Å². The molecule has 0 saturated carbocycles. The number of piperazine rings is 1. The van der Waals surface area contributed by atoms with Gasteiger partial charge < -0.3 is 15.4 Å². The van der Waals surface area contributed by atoms with Gasteiger partial charge in [-0.15, -0.1) is 0 Å². The van der Waals surface area contributed by atoms with E-state index in [0.29, 0.717) is 32.0 Å². The zero-order valence-electron chi connectivity index (χ0n) is 12.9. The zero-order valence-corrected chi connectivity index (χ0v) is 12.9. The molecule has 8 heteroatoms. The molecule has 1 fully saturated rings. The van der Waals surface area contributed by atoms with Crippen molar-refractivity contribution in [1.29, 1.82) is 0 Å². The summed E-state index contributed by atoms with van der Waals surface area (Å²) in [4.78, 5) is 20.2. The molecule has 0 bridgehead atoms. The number of nitrogens with one attached hydrogen (secondary N) is 1. The number of amides is 1. The maximum absolute atomic E-state index is 12.0. The lowest BCUT2D eigenvalue weighted by molar-refractivity contribution is 0.0137. The maximum atomic E-state index is 12.0. The van der Waals surface area contributed by atoms with E-state index in [1.54, 1.807) is 4.90 Å². The van der Waals surface area contributed by atoms with E-state index in [2.05, 4.69) is 20.1 Å². The summed E-state index contributed by atoms with van der Waals surface area (Å²) in [5.41, 5.74) is 5.03. The first-order chi connectivity index (χ1) is 9.87. The molecule has 2 rings (SSSR count). The van der Waals surface area contributed by atoms with Crippen LogP contribution in [-0.4, -0.2) is 62.9 Å². The molecule has 0 radical (unpaired) electrons. The quantitative estimate of drug-likeness (QED) is 0.833. The second-order valence-electron chi connectivity index (χ2n) is 6.15. The van der Waals surface area contributed by atoms with Crippen LogP contribution in [0.15, 0.2) is 0 Å². The van der Waals surface area contributed by atoms with Crippen molar-refractivity contribution in [3.05, 3.63) is 11.6 Å². The number of aromatic amines is 1. The normalized spacial score (nSPS) is 17.0. The van der Waals surface area contributed by atoms with Crippen molar-refractivity contribution in [2.45, 2.75) is 39.5 Å². The summed E-state index contributed by atoms with van der Waals surface area (Å²) < 4.78 is 5.37. The van der Waals surface area contributed by atoms with Gasteiger partial charge in [-0.05, 0) is 20.8 Å². The van der Waals surface area contributed by atoms with Crippen LogP contribution in [0.2, 0.25) is 0 Å². The van der Waals surface area contributed by atoms with Crippen LogP contribution in [0.3, 0.4) is 0 Å². The Bertz CT molecular complexity index is 473. The summed E-state index contributed by atoms with van der Waals surface area (Å²) in [5, 5.41) is 6.89. The molecular formula is C13H24N6O2. The smallest absolute Gasteiger partial charge is 0.410 e. The molecule has 2 heterocycles. The minimum absolute atomic E-state index is 0.243. The standard InChI is InChI=1S/C13H24N6O2/c1-13(2,3)21-12(20)19-6-4-18(5-7-19)9-11-15-10(8-14)16-17-11/h4-9,14H2,1-3H3,(H,15,16,17). The van der Waals surface area contributed by atoms with Crippen LogP contribution in [0.4, 0.5) is 4.79 Å². The van der Waals surface area contributed by atoms with E-state index in [4.69, 9.17) is 10.5 Å². The van der Waals surface area contributed by atoms with Crippen LogP contribution in [0.5, 0.6) is 0 Å². The second kappa shape index (κ2) is 6.40. The van der Waals surface area contributed by atoms with E-state index in [9.17, 15) is 4.79 Å². The molecule has 0 atom stereocenters. The summed E-state index contributed by atoms with van der Waals surface area (Å²) in [6.07, 6.45) is -0.243. The molecule has 3 N–H and O–H groups in total. The van der Waals surface area contributed by atoms with E-state index < -0.39 is 5.60 Å². The predicted octanol–water partition coefficient (Wildman–Crippen LogP) is 0.316. The number of ether oxygens (including phenoxy) is 1. The van der Waals surface area contributed by atoms with Crippen molar-refractivity contribution in [3.8, 4) is 0 Å². The van der Waals surface area contributed by atoms with Gasteiger partial charge >= 0.3 is 6.09 Å². The third-order valence-electron chi connectivity index (χ3n) is 3.16. The Kier molecular flexibility index (Phi) is 4.79. The average molecular weight is 296 g/mol. The largest absolute Gasteiger partial charge is 0.444 e. The average Bonchev–Trinajstić information content (AvgIpc) is 2.85. The van der Waals surface area contributed by atoms with Gasteiger partial charge in [0.05, 0.1) is 13.1 Å². The number of H-pyrrole nitrogens is 1. The van der Waals surface area contributed by atoms with Gasteiger partial charge in [0, 0.05) is 26.2 Å². The summed E-state index contributed by atoms with van der Waals surface area (Å²) in [6.45, 7) is 9.55. The number of aromatic nitrogens is 3. The van der Waals surface area contributed by atoms with Gasteiger partial charge in [0.2, 0.25) is 0 Å². The van der Waals surface area contributed by atoms with Crippen molar-refractivity contribution in [2.24, 2.45) is 5.73 Å². The summed E-state index contributed by atoms with van der Waals surface area (Å²) in [6, 6.07) is 0. The Hall–Kier alpha value is -1.67. The van der Waals surface area contributed by atoms with E-state index >= 15 is 0 Å². The fourth-order valence-electron chi connectivity index (χ4n) is 2.12. The second-order valence-corrected chi connectivity index (χ2v) is 6.15. The highest BCUT2D eigenvalue weighted by atomic mass is 16.6. The van der Waals surface area contributed by atoms with Crippen LogP contribution in [0.25, 0.3) is 0 Å². The van der Waals surface area contributed by atoms with Crippen molar-refractivity contribution >= 4 is 6.09 Å². The van der Waals surface area contributed by atoms with E-state index in [0.717, 1.165) is 18.9 Å². The number of nitrogens with zero attached hydrogens (tertiary/aromatic N) is 4. The highest BCUT2D eigenvalue weighted by Crippen LogP contribution is 2.12. The fourth-order valence-corrected chi connectivity index (χ4v) is 2.12. The monoisotopic (exact) mass is 296 g/mol. The van der Waals surface area contributed by atoms with E-state index in [1.165, 1.54) is 0 Å². The first-order valence-corrected chi connectivity index (χ1v) is 7.18. The van der Waals surface area contributed by atoms with E-state index in [1.807, 2.05) is 20.8 Å². The molecular weight excluding hydrogens is 272 g/mol. The molecule has 0 aromatic carbocycles. The molecule has 0 spiro atoms. The van der Waals surface area contributed by atoms with Gasteiger partial charge in [-0.25, -0.2) is 9.78 Å². The highest BCUT2D eigenvalue weighted by Gasteiger charge is 2.26. The van der Waals surface area contributed by atoms with Crippen LogP contribution < -0.4 is 5.73 Å². The van der Waals surface area contributed by atoms with Crippen LogP contribution in [0, 0.1) is 0 Å². The van der Waals surface area contributed by atoms with Gasteiger partial charge in [-0.2, -0.15) is 5.10 Å². The zero-order chi connectivity index (χ0) is 15.5. The van der Waals surface area contributed by atoms with Gasteiger partial charge in [0.15, 0.2) is 5.82 Å². The molecule has 118 valence electrons. The highest BCUT2D eigenvalue weighted by molar-refractivity contribution is 5.68. The number of hydrogen-bond acceptors (Lipinski definition) is 6. The molecule has 1 aromatic rings. The molecule has 0 unspecified atom stereocenters. The summed E-state index contributed by atoms with van der Waals surface area (Å²) >= 11 is 0. The lowest BCUT2D eigenvalue weighted by atomic mass is 10.2. The summed E-state index contributed by atoms with van der Waals surface area (Å²) in [7, 11) is 0. The Morgan fingerprint density at radius 1 is 1.33 bits per heavy atom. The molecule has 1 aliphatic rings. The molecule has 1 aliphatic heterocycles. The molecule has 8 nitrogen and oxygen atoms in total. The third-order valence-corrected chi connectivity index (χ3v) is 3.16. The number of rotatable bonds is 3. The van der Waals surface area contributed by atoms with Crippen molar-refractivity contribution in [3.63, 3.8) is 0 Å². The van der Waals surface area contributed by atoms with Crippen molar-refractivity contribution in [1.82, 2.24) is 25.0 Å². The van der Waals surface area contributed by atoms with Gasteiger partial charge in [-0.1, -0.05) is 0 Å². The Morgan fingerprint density at radius 2 is 2.00 bits per heavy atom. The van der Waals surface area contributed by atoms with Crippen LogP contribution in [-0.2, 0) is 17.8 Å². The molecule has 1 amide bonds. The number of nitrogens with two attached hydrogens (primary N) is 1. The van der Waals surface area contributed by atoms with E-state index in [-0.39, 0.29) is 6.09 Å². The Morgan fingerprint density at radius 3 is 2.52 bits per heavy atom. The topological polar surface area (TPSA) is 100 Å². The van der Waals surface area contributed by atoms with Gasteiger partial charge in [0.25, 0.3) is 0 Å². The van der Waals surface area contributed by atoms with Crippen molar-refractivity contribution < 1.29 is 9.53 Å². The molecule has 1 aromatic heterocycles. The van der Waals surface area contributed by atoms with Gasteiger partial charge in [-0.3, -0.25) is 10.00 Å². The molecule has 0 aliphatic carbocycles. The predicted molar refractivity (Wildman–Crippen MR) is 77.4 cm³/mol. The minimum Gasteiger partial charge on any atom is -0.444 e. The number of hydrogen-bond donors (Lipinski definition) is 2. The minimum atomic E-state index is -0.452. The molecule has 1 saturated heterocycles. The number of carbonyl (C=O) groups excluding carboxylic acids is 1. The first kappa shape index (κ1) is 15.7. The van der Waals surface area contributed by atoms with Crippen LogP contribution >= 0.6 is 0 Å². The lowest BCUT2D eigenvalue weighted by Gasteiger charge is -2.35. The Labute approximate surface area is 124 Å². The lowest BCUT2D eigenvalue weighted by Crippen LogP contribution is -2.49. The SMILES string of the molecule is CC(C)(C)OC(=O)N1CCN(Cc2nc(CN)n[nH]2)CC1. The first-order valence-electron chi connectivity index (χ1n) is 7.18.